The van der Waals surface area contributed by atoms with Crippen molar-refractivity contribution in [2.45, 2.75) is 12.5 Å². The van der Waals surface area contributed by atoms with Crippen molar-refractivity contribution < 1.29 is 9.66 Å². The molecule has 15 heavy (non-hydrogen) atoms. The first-order chi connectivity index (χ1) is 7.27. The topological polar surface area (TPSA) is 77.3 Å². The minimum absolute atomic E-state index is 0.0152. The zero-order valence-corrected chi connectivity index (χ0v) is 8.05. The van der Waals surface area contributed by atoms with Gasteiger partial charge in [-0.1, -0.05) is 0 Å². The Bertz CT molecular complexity index is 363. The maximum Gasteiger partial charge on any atom is 0.330 e. The fourth-order valence-corrected chi connectivity index (χ4v) is 1.50. The summed E-state index contributed by atoms with van der Waals surface area (Å²) in [5, 5.41) is 13.8. The molecule has 80 valence electrons. The maximum atomic E-state index is 10.7. The van der Waals surface area contributed by atoms with Gasteiger partial charge >= 0.3 is 5.69 Å². The van der Waals surface area contributed by atoms with E-state index in [1.807, 2.05) is 0 Å². The Morgan fingerprint density at radius 3 is 3.20 bits per heavy atom. The van der Waals surface area contributed by atoms with E-state index in [9.17, 15) is 10.1 Å². The van der Waals surface area contributed by atoms with Crippen LogP contribution in [0.4, 0.5) is 5.69 Å². The van der Waals surface area contributed by atoms with E-state index in [1.165, 1.54) is 18.3 Å². The number of ether oxygens (including phenoxy) is 1. The summed E-state index contributed by atoms with van der Waals surface area (Å²) in [6.07, 6.45) is 2.33. The van der Waals surface area contributed by atoms with Gasteiger partial charge in [-0.2, -0.15) is 0 Å². The van der Waals surface area contributed by atoms with Crippen LogP contribution in [0, 0.1) is 10.1 Å². The van der Waals surface area contributed by atoms with Crippen LogP contribution < -0.4 is 10.1 Å². The van der Waals surface area contributed by atoms with E-state index in [0.29, 0.717) is 6.54 Å². The van der Waals surface area contributed by atoms with Crippen LogP contribution in [0.3, 0.4) is 0 Å². The Labute approximate surface area is 86.4 Å². The molecule has 0 unspecified atom stereocenters. The fourth-order valence-electron chi connectivity index (χ4n) is 1.50. The average Bonchev–Trinajstić information content (AvgIpc) is 2.71. The molecule has 1 aromatic heterocycles. The van der Waals surface area contributed by atoms with Gasteiger partial charge in [0.15, 0.2) is 0 Å². The second-order valence-electron chi connectivity index (χ2n) is 3.32. The first kappa shape index (κ1) is 9.85. The smallest absolute Gasteiger partial charge is 0.330 e. The lowest BCUT2D eigenvalue weighted by Crippen LogP contribution is -2.20. The van der Waals surface area contributed by atoms with Crippen molar-refractivity contribution in [1.82, 2.24) is 10.3 Å². The van der Waals surface area contributed by atoms with Crippen molar-refractivity contribution in [3.05, 3.63) is 28.4 Å². The molecular formula is C9H11N3O3. The van der Waals surface area contributed by atoms with Gasteiger partial charge in [-0.05, 0) is 19.0 Å². The van der Waals surface area contributed by atoms with Crippen LogP contribution in [0.15, 0.2) is 18.3 Å². The number of hydrogen-bond acceptors (Lipinski definition) is 5. The molecule has 2 rings (SSSR count). The largest absolute Gasteiger partial charge is 0.468 e. The molecule has 0 saturated carbocycles. The lowest BCUT2D eigenvalue weighted by atomic mass is 10.3. The number of nitrogens with one attached hydrogen (secondary N) is 1. The SMILES string of the molecule is O=[N+]([O-])c1cccnc1O[C@H]1CCNC1. The van der Waals surface area contributed by atoms with Crippen molar-refractivity contribution in [2.75, 3.05) is 13.1 Å². The molecule has 1 aromatic rings. The lowest BCUT2D eigenvalue weighted by Gasteiger charge is -2.10. The van der Waals surface area contributed by atoms with Crippen LogP contribution in [0.25, 0.3) is 0 Å². The number of aromatic nitrogens is 1. The molecular weight excluding hydrogens is 198 g/mol. The van der Waals surface area contributed by atoms with E-state index in [4.69, 9.17) is 4.74 Å². The molecule has 1 aliphatic rings. The van der Waals surface area contributed by atoms with Gasteiger partial charge in [0.05, 0.1) is 4.92 Å². The van der Waals surface area contributed by atoms with Crippen LogP contribution in [-0.4, -0.2) is 29.1 Å². The molecule has 0 spiro atoms. The summed E-state index contributed by atoms with van der Waals surface area (Å²) in [6, 6.07) is 2.92. The minimum Gasteiger partial charge on any atom is -0.468 e. The zero-order valence-electron chi connectivity index (χ0n) is 8.05. The molecule has 0 amide bonds. The molecule has 0 aliphatic carbocycles. The summed E-state index contributed by atoms with van der Waals surface area (Å²) < 4.78 is 5.45. The summed E-state index contributed by atoms with van der Waals surface area (Å²) in [5.74, 6) is 0.108. The van der Waals surface area contributed by atoms with Gasteiger partial charge in [0.2, 0.25) is 0 Å². The van der Waals surface area contributed by atoms with Gasteiger partial charge in [-0.15, -0.1) is 0 Å². The number of rotatable bonds is 3. The van der Waals surface area contributed by atoms with E-state index in [0.717, 1.165) is 13.0 Å². The summed E-state index contributed by atoms with van der Waals surface area (Å²) in [4.78, 5) is 14.1. The van der Waals surface area contributed by atoms with Crippen LogP contribution >= 0.6 is 0 Å². The van der Waals surface area contributed by atoms with Crippen molar-refractivity contribution in [3.63, 3.8) is 0 Å². The zero-order chi connectivity index (χ0) is 10.7. The number of nitrogens with zero attached hydrogens (tertiary/aromatic N) is 2. The first-order valence-corrected chi connectivity index (χ1v) is 4.74. The molecule has 0 radical (unpaired) electrons. The highest BCUT2D eigenvalue weighted by atomic mass is 16.6. The van der Waals surface area contributed by atoms with E-state index >= 15 is 0 Å². The van der Waals surface area contributed by atoms with Crippen molar-refractivity contribution >= 4 is 5.69 Å². The second-order valence-corrected chi connectivity index (χ2v) is 3.32. The molecule has 1 aliphatic heterocycles. The quantitative estimate of drug-likeness (QED) is 0.586. The number of pyridine rings is 1. The van der Waals surface area contributed by atoms with E-state index < -0.39 is 4.92 Å². The maximum absolute atomic E-state index is 10.7. The van der Waals surface area contributed by atoms with E-state index in [2.05, 4.69) is 10.3 Å². The molecule has 1 saturated heterocycles. The second kappa shape index (κ2) is 4.22. The van der Waals surface area contributed by atoms with Crippen molar-refractivity contribution in [2.24, 2.45) is 0 Å². The summed E-state index contributed by atoms with van der Waals surface area (Å²) in [7, 11) is 0. The lowest BCUT2D eigenvalue weighted by molar-refractivity contribution is -0.386. The van der Waals surface area contributed by atoms with Gasteiger partial charge in [-0.25, -0.2) is 4.98 Å². The molecule has 6 heteroatoms. The van der Waals surface area contributed by atoms with Crippen LogP contribution in [0.2, 0.25) is 0 Å². The van der Waals surface area contributed by atoms with Gasteiger partial charge < -0.3 is 10.1 Å². The standard InChI is InChI=1S/C9H11N3O3/c13-12(14)8-2-1-4-11-9(8)15-7-3-5-10-6-7/h1-2,4,7,10H,3,5-6H2/t7-/m0/s1. The highest BCUT2D eigenvalue weighted by Crippen LogP contribution is 2.24. The predicted octanol–water partition coefficient (Wildman–Crippen LogP) is 0.730. The Balaban J connectivity index is 2.15. The van der Waals surface area contributed by atoms with E-state index in [-0.39, 0.29) is 17.7 Å². The molecule has 2 heterocycles. The Hall–Kier alpha value is -1.69. The molecule has 0 bridgehead atoms. The number of nitro groups is 1. The molecule has 0 aromatic carbocycles. The summed E-state index contributed by atoms with van der Waals surface area (Å²) >= 11 is 0. The normalized spacial score (nSPS) is 20.1. The van der Waals surface area contributed by atoms with Crippen molar-refractivity contribution in [3.8, 4) is 5.88 Å². The van der Waals surface area contributed by atoms with Gasteiger partial charge in [0.25, 0.3) is 5.88 Å². The van der Waals surface area contributed by atoms with Crippen LogP contribution in [0.5, 0.6) is 5.88 Å². The van der Waals surface area contributed by atoms with Crippen molar-refractivity contribution in [1.29, 1.82) is 0 Å². The molecule has 1 fully saturated rings. The summed E-state index contributed by atoms with van der Waals surface area (Å²) in [6.45, 7) is 1.60. The van der Waals surface area contributed by atoms with E-state index in [1.54, 1.807) is 0 Å². The monoisotopic (exact) mass is 209 g/mol. The molecule has 1 N–H and O–H groups in total. The van der Waals surface area contributed by atoms with Gasteiger partial charge in [0.1, 0.15) is 6.10 Å². The number of hydrogen-bond donors (Lipinski definition) is 1. The Kier molecular flexibility index (Phi) is 2.77. The average molecular weight is 209 g/mol. The van der Waals surface area contributed by atoms with Crippen LogP contribution in [-0.2, 0) is 0 Å². The summed E-state index contributed by atoms with van der Waals surface area (Å²) in [5.41, 5.74) is -0.0793. The third kappa shape index (κ3) is 2.21. The molecule has 1 atom stereocenters. The Morgan fingerprint density at radius 2 is 2.53 bits per heavy atom. The van der Waals surface area contributed by atoms with Crippen LogP contribution in [0.1, 0.15) is 6.42 Å². The fraction of sp³-hybridized carbons (Fsp3) is 0.444. The molecule has 6 nitrogen and oxygen atoms in total. The van der Waals surface area contributed by atoms with Gasteiger partial charge in [0, 0.05) is 18.8 Å². The Morgan fingerprint density at radius 1 is 1.67 bits per heavy atom. The highest BCUT2D eigenvalue weighted by molar-refractivity contribution is 5.39. The highest BCUT2D eigenvalue weighted by Gasteiger charge is 2.22. The minimum atomic E-state index is -0.481. The first-order valence-electron chi connectivity index (χ1n) is 4.74. The van der Waals surface area contributed by atoms with Gasteiger partial charge in [-0.3, -0.25) is 10.1 Å². The third-order valence-electron chi connectivity index (χ3n) is 2.24. The predicted molar refractivity (Wildman–Crippen MR) is 52.8 cm³/mol. The third-order valence-corrected chi connectivity index (χ3v) is 2.24.